The van der Waals surface area contributed by atoms with Gasteiger partial charge >= 0.3 is 0 Å². The summed E-state index contributed by atoms with van der Waals surface area (Å²) in [6.45, 7) is 2.16. The Hall–Kier alpha value is -0.830. The lowest BCUT2D eigenvalue weighted by atomic mass is 10.00. The van der Waals surface area contributed by atoms with E-state index in [0.717, 1.165) is 24.2 Å². The fourth-order valence-corrected chi connectivity index (χ4v) is 2.88. The summed E-state index contributed by atoms with van der Waals surface area (Å²) in [5.74, 6) is 1.99. The number of hydrogen-bond donors (Lipinski definition) is 2. The van der Waals surface area contributed by atoms with Gasteiger partial charge in [-0.15, -0.1) is 0 Å². The highest BCUT2D eigenvalue weighted by Gasteiger charge is 2.40. The molecule has 2 bridgehead atoms. The topological polar surface area (TPSA) is 40.7 Å². The number of nitrogens with one attached hydrogen (secondary N) is 2. The van der Waals surface area contributed by atoms with Gasteiger partial charge in [0.2, 0.25) is 0 Å². The van der Waals surface area contributed by atoms with Crippen molar-refractivity contribution >= 4 is 0 Å². The van der Waals surface area contributed by atoms with Crippen molar-refractivity contribution in [3.63, 3.8) is 0 Å². The lowest BCUT2D eigenvalue weighted by Crippen LogP contribution is -2.29. The highest BCUT2D eigenvalue weighted by atomic mass is 15.1. The number of aromatic amines is 1. The molecule has 1 aliphatic carbocycles. The monoisotopic (exact) mass is 191 g/mol. The van der Waals surface area contributed by atoms with Gasteiger partial charge in [-0.25, -0.2) is 4.98 Å². The summed E-state index contributed by atoms with van der Waals surface area (Å²) in [6, 6.07) is 1.27. The van der Waals surface area contributed by atoms with Crippen LogP contribution in [0.4, 0.5) is 0 Å². The number of fused-ring (bicyclic) bond motifs is 2. The maximum atomic E-state index is 4.47. The van der Waals surface area contributed by atoms with Crippen molar-refractivity contribution in [2.75, 3.05) is 0 Å². The second-order valence-corrected chi connectivity index (χ2v) is 4.56. The lowest BCUT2D eigenvalue weighted by molar-refractivity contribution is 0.379. The molecule has 1 saturated carbocycles. The van der Waals surface area contributed by atoms with Gasteiger partial charge in [-0.05, 0) is 31.6 Å². The summed E-state index contributed by atoms with van der Waals surface area (Å²) in [7, 11) is 0. The fourth-order valence-electron chi connectivity index (χ4n) is 2.88. The van der Waals surface area contributed by atoms with Crippen molar-refractivity contribution < 1.29 is 0 Å². The summed E-state index contributed by atoms with van der Waals surface area (Å²) < 4.78 is 0. The van der Waals surface area contributed by atoms with Crippen molar-refractivity contribution in [1.29, 1.82) is 0 Å². The molecule has 3 unspecified atom stereocenters. The molecule has 2 N–H and O–H groups in total. The van der Waals surface area contributed by atoms with Gasteiger partial charge in [0.25, 0.3) is 0 Å². The molecule has 3 heteroatoms. The van der Waals surface area contributed by atoms with Gasteiger partial charge in [0.05, 0.1) is 6.04 Å². The molecule has 1 aromatic heterocycles. The highest BCUT2D eigenvalue weighted by Crippen LogP contribution is 2.42. The quantitative estimate of drug-likeness (QED) is 0.748. The largest absolute Gasteiger partial charge is 0.345 e. The first-order valence-corrected chi connectivity index (χ1v) is 5.66. The summed E-state index contributed by atoms with van der Waals surface area (Å²) in [5.41, 5.74) is 1.25. The number of nitrogens with zero attached hydrogens (tertiary/aromatic N) is 1. The average molecular weight is 191 g/mol. The molecule has 2 heterocycles. The van der Waals surface area contributed by atoms with Gasteiger partial charge in [0.1, 0.15) is 5.82 Å². The Morgan fingerprint density at radius 2 is 2.43 bits per heavy atom. The Balaban J connectivity index is 1.82. The number of imidazole rings is 1. The first-order valence-electron chi connectivity index (χ1n) is 5.66. The van der Waals surface area contributed by atoms with E-state index >= 15 is 0 Å². The van der Waals surface area contributed by atoms with Crippen LogP contribution in [0.5, 0.6) is 0 Å². The molecule has 14 heavy (non-hydrogen) atoms. The van der Waals surface area contributed by atoms with E-state index in [0.29, 0.717) is 6.04 Å². The van der Waals surface area contributed by atoms with Gasteiger partial charge < -0.3 is 10.3 Å². The van der Waals surface area contributed by atoms with Gasteiger partial charge in [0.15, 0.2) is 0 Å². The zero-order valence-corrected chi connectivity index (χ0v) is 8.59. The standard InChI is InChI=1S/C11H17N3/c1-2-8-6-12-11(14-8)10-7-3-4-9(5-7)13-10/h6-7,9-10,13H,2-5H2,1H3,(H,12,14). The molecular weight excluding hydrogens is 174 g/mol. The third-order valence-corrected chi connectivity index (χ3v) is 3.68. The van der Waals surface area contributed by atoms with Crippen LogP contribution in [-0.4, -0.2) is 16.0 Å². The summed E-state index contributed by atoms with van der Waals surface area (Å²) in [5, 5.41) is 3.65. The molecule has 0 aromatic carbocycles. The van der Waals surface area contributed by atoms with Crippen LogP contribution in [-0.2, 0) is 6.42 Å². The van der Waals surface area contributed by atoms with Crippen molar-refractivity contribution in [2.45, 2.75) is 44.7 Å². The van der Waals surface area contributed by atoms with Crippen LogP contribution in [0.25, 0.3) is 0 Å². The maximum Gasteiger partial charge on any atom is 0.123 e. The van der Waals surface area contributed by atoms with Gasteiger partial charge in [-0.3, -0.25) is 0 Å². The Bertz CT molecular complexity index is 331. The predicted octanol–water partition coefficient (Wildman–Crippen LogP) is 1.79. The van der Waals surface area contributed by atoms with E-state index in [1.165, 1.54) is 25.0 Å². The molecule has 3 rings (SSSR count). The van der Waals surface area contributed by atoms with Gasteiger partial charge in [-0.1, -0.05) is 6.92 Å². The van der Waals surface area contributed by atoms with Crippen LogP contribution in [0.15, 0.2) is 6.20 Å². The Labute approximate surface area is 84.3 Å². The van der Waals surface area contributed by atoms with Crippen LogP contribution in [0, 0.1) is 5.92 Å². The van der Waals surface area contributed by atoms with E-state index < -0.39 is 0 Å². The molecule has 3 nitrogen and oxygen atoms in total. The molecule has 1 saturated heterocycles. The van der Waals surface area contributed by atoms with Crippen molar-refractivity contribution in [3.8, 4) is 0 Å². The maximum absolute atomic E-state index is 4.47. The molecule has 2 aliphatic rings. The zero-order valence-electron chi connectivity index (χ0n) is 8.59. The molecule has 3 atom stereocenters. The lowest BCUT2D eigenvalue weighted by Gasteiger charge is -2.20. The van der Waals surface area contributed by atoms with Crippen LogP contribution in [0.3, 0.4) is 0 Å². The first-order chi connectivity index (χ1) is 6.86. The minimum absolute atomic E-state index is 0.508. The van der Waals surface area contributed by atoms with E-state index in [-0.39, 0.29) is 0 Å². The number of aromatic nitrogens is 2. The number of H-pyrrole nitrogens is 1. The number of rotatable bonds is 2. The van der Waals surface area contributed by atoms with E-state index in [1.54, 1.807) is 0 Å². The third-order valence-electron chi connectivity index (χ3n) is 3.68. The molecule has 0 radical (unpaired) electrons. The van der Waals surface area contributed by atoms with Crippen molar-refractivity contribution in [1.82, 2.24) is 15.3 Å². The Morgan fingerprint density at radius 3 is 3.00 bits per heavy atom. The SMILES string of the molecule is CCc1cnc(C2NC3CCC2C3)[nH]1. The highest BCUT2D eigenvalue weighted by molar-refractivity contribution is 5.11. The zero-order chi connectivity index (χ0) is 9.54. The average Bonchev–Trinajstić information content (AvgIpc) is 2.93. The minimum atomic E-state index is 0.508. The molecule has 1 aromatic rings. The van der Waals surface area contributed by atoms with E-state index in [1.807, 2.05) is 6.20 Å². The van der Waals surface area contributed by atoms with Crippen LogP contribution in [0.1, 0.15) is 43.7 Å². The summed E-state index contributed by atoms with van der Waals surface area (Å²) in [6.07, 6.45) is 7.12. The Kier molecular flexibility index (Phi) is 1.87. The van der Waals surface area contributed by atoms with Crippen LogP contribution in [0.2, 0.25) is 0 Å². The van der Waals surface area contributed by atoms with E-state index in [2.05, 4.69) is 22.2 Å². The molecule has 2 fully saturated rings. The Morgan fingerprint density at radius 1 is 1.50 bits per heavy atom. The second-order valence-electron chi connectivity index (χ2n) is 4.56. The fraction of sp³-hybridized carbons (Fsp3) is 0.727. The predicted molar refractivity (Wildman–Crippen MR) is 55.0 cm³/mol. The van der Waals surface area contributed by atoms with Crippen LogP contribution >= 0.6 is 0 Å². The van der Waals surface area contributed by atoms with Gasteiger partial charge in [0, 0.05) is 17.9 Å². The van der Waals surface area contributed by atoms with E-state index in [9.17, 15) is 0 Å². The number of aryl methyl sites for hydroxylation is 1. The summed E-state index contributed by atoms with van der Waals surface area (Å²) in [4.78, 5) is 7.89. The molecule has 0 amide bonds. The number of piperidine rings is 1. The third kappa shape index (κ3) is 1.19. The number of hydrogen-bond acceptors (Lipinski definition) is 2. The smallest absolute Gasteiger partial charge is 0.123 e. The minimum Gasteiger partial charge on any atom is -0.345 e. The van der Waals surface area contributed by atoms with Crippen molar-refractivity contribution in [3.05, 3.63) is 17.7 Å². The van der Waals surface area contributed by atoms with Gasteiger partial charge in [-0.2, -0.15) is 0 Å². The molecule has 76 valence electrons. The second kappa shape index (κ2) is 3.09. The summed E-state index contributed by atoms with van der Waals surface area (Å²) >= 11 is 0. The van der Waals surface area contributed by atoms with Crippen molar-refractivity contribution in [2.24, 2.45) is 5.92 Å². The molecule has 1 aliphatic heterocycles. The molecular formula is C11H17N3. The van der Waals surface area contributed by atoms with Crippen LogP contribution < -0.4 is 5.32 Å². The van der Waals surface area contributed by atoms with E-state index in [4.69, 9.17) is 0 Å². The first kappa shape index (κ1) is 8.48. The molecule has 0 spiro atoms. The normalized spacial score (nSPS) is 35.4.